The molecule has 0 atom stereocenters. The van der Waals surface area contributed by atoms with Crippen LogP contribution in [-0.4, -0.2) is 19.2 Å². The molecule has 0 saturated carbocycles. The van der Waals surface area contributed by atoms with Crippen molar-refractivity contribution in [1.82, 2.24) is 5.32 Å². The summed E-state index contributed by atoms with van der Waals surface area (Å²) in [4.78, 5) is 22.1. The number of hydrogen-bond acceptors (Lipinski definition) is 5. The second-order valence-electron chi connectivity index (χ2n) is 6.36. The van der Waals surface area contributed by atoms with Crippen LogP contribution in [0, 0.1) is 10.1 Å². The Hall–Kier alpha value is -3.14. The topological polar surface area (TPSA) is 118 Å². The Balaban J connectivity index is 1.70. The summed E-state index contributed by atoms with van der Waals surface area (Å²) in [6, 6.07) is 15.9. The Bertz CT molecular complexity index is 1230. The Morgan fingerprint density at radius 2 is 1.61 bits per heavy atom. The van der Waals surface area contributed by atoms with E-state index in [1.807, 2.05) is 0 Å². The second kappa shape index (κ2) is 9.34. The van der Waals surface area contributed by atoms with Crippen LogP contribution in [0.15, 0.2) is 71.6 Å². The molecule has 0 heterocycles. The van der Waals surface area contributed by atoms with Crippen LogP contribution in [-0.2, 0) is 16.6 Å². The van der Waals surface area contributed by atoms with Crippen LogP contribution in [0.4, 0.5) is 11.4 Å². The van der Waals surface area contributed by atoms with E-state index >= 15 is 0 Å². The Morgan fingerprint density at radius 3 is 2.23 bits per heavy atom. The predicted molar refractivity (Wildman–Crippen MR) is 118 cm³/mol. The van der Waals surface area contributed by atoms with Crippen molar-refractivity contribution in [3.63, 3.8) is 0 Å². The molecule has 2 N–H and O–H groups in total. The van der Waals surface area contributed by atoms with E-state index in [0.29, 0.717) is 17.1 Å². The van der Waals surface area contributed by atoms with E-state index in [2.05, 4.69) is 10.0 Å². The molecule has 0 bridgehead atoms. The lowest BCUT2D eigenvalue weighted by Crippen LogP contribution is -2.22. The Labute approximate surface area is 188 Å². The molecule has 3 aromatic carbocycles. The van der Waals surface area contributed by atoms with Crippen molar-refractivity contribution < 1.29 is 18.1 Å². The summed E-state index contributed by atoms with van der Waals surface area (Å²) in [5.74, 6) is -0.342. The molecule has 8 nitrogen and oxygen atoms in total. The first-order valence-corrected chi connectivity index (χ1v) is 11.0. The first kappa shape index (κ1) is 22.5. The SMILES string of the molecule is O=C(NCc1ccc(Cl)cc1)c1ccc(NS(=O)(=O)c2cc([N+](=O)[O-])ccc2Cl)cc1. The standard InChI is InChI=1S/C20H15Cl2N3O5S/c21-15-5-1-13(2-6-15)12-23-20(26)14-3-7-16(8-4-14)24-31(29,30)19-11-17(25(27)28)9-10-18(19)22/h1-11,24H,12H2,(H,23,26). The molecule has 31 heavy (non-hydrogen) atoms. The fourth-order valence-corrected chi connectivity index (χ4v) is 4.30. The zero-order valence-electron chi connectivity index (χ0n) is 15.7. The molecule has 160 valence electrons. The minimum atomic E-state index is -4.18. The van der Waals surface area contributed by atoms with Crippen molar-refractivity contribution in [3.05, 3.63) is 98.0 Å². The predicted octanol–water partition coefficient (Wildman–Crippen LogP) is 4.63. The van der Waals surface area contributed by atoms with E-state index in [1.54, 1.807) is 24.3 Å². The highest BCUT2D eigenvalue weighted by atomic mass is 35.5. The van der Waals surface area contributed by atoms with Crippen LogP contribution < -0.4 is 10.0 Å². The average Bonchev–Trinajstić information content (AvgIpc) is 2.73. The molecular weight excluding hydrogens is 465 g/mol. The van der Waals surface area contributed by atoms with Gasteiger partial charge >= 0.3 is 0 Å². The molecule has 0 aliphatic carbocycles. The third kappa shape index (κ3) is 5.72. The number of amides is 1. The van der Waals surface area contributed by atoms with E-state index in [4.69, 9.17) is 23.2 Å². The molecule has 0 saturated heterocycles. The number of non-ortho nitro benzene ring substituents is 1. The smallest absolute Gasteiger partial charge is 0.270 e. The van der Waals surface area contributed by atoms with Gasteiger partial charge in [-0.05, 0) is 48.0 Å². The van der Waals surface area contributed by atoms with Gasteiger partial charge in [0.25, 0.3) is 21.6 Å². The normalized spacial score (nSPS) is 11.0. The van der Waals surface area contributed by atoms with Crippen molar-refractivity contribution in [1.29, 1.82) is 0 Å². The number of carbonyl (C=O) groups is 1. The molecule has 1 amide bonds. The molecule has 0 radical (unpaired) electrons. The zero-order valence-corrected chi connectivity index (χ0v) is 18.0. The van der Waals surface area contributed by atoms with Crippen molar-refractivity contribution in [3.8, 4) is 0 Å². The first-order chi connectivity index (χ1) is 14.7. The molecule has 3 rings (SSSR count). The molecule has 0 unspecified atom stereocenters. The van der Waals surface area contributed by atoms with Crippen LogP contribution >= 0.6 is 23.2 Å². The van der Waals surface area contributed by atoms with Crippen LogP contribution in [0.3, 0.4) is 0 Å². The summed E-state index contributed by atoms with van der Waals surface area (Å²) in [7, 11) is -4.18. The third-order valence-electron chi connectivity index (χ3n) is 4.18. The van der Waals surface area contributed by atoms with E-state index in [-0.39, 0.29) is 16.6 Å². The number of halogens is 2. The number of rotatable bonds is 7. The minimum Gasteiger partial charge on any atom is -0.348 e. The summed E-state index contributed by atoms with van der Waals surface area (Å²) < 4.78 is 27.5. The zero-order chi connectivity index (χ0) is 22.6. The molecule has 0 spiro atoms. The summed E-state index contributed by atoms with van der Waals surface area (Å²) in [5, 5.41) is 14.1. The lowest BCUT2D eigenvalue weighted by molar-refractivity contribution is -0.385. The minimum absolute atomic E-state index is 0.156. The largest absolute Gasteiger partial charge is 0.348 e. The number of nitrogens with one attached hydrogen (secondary N) is 2. The number of nitro benzene ring substituents is 1. The Morgan fingerprint density at radius 1 is 0.968 bits per heavy atom. The van der Waals surface area contributed by atoms with E-state index in [9.17, 15) is 23.3 Å². The fraction of sp³-hybridized carbons (Fsp3) is 0.0500. The van der Waals surface area contributed by atoms with Crippen molar-refractivity contribution in [2.75, 3.05) is 4.72 Å². The molecule has 0 fully saturated rings. The summed E-state index contributed by atoms with van der Waals surface area (Å²) in [6.07, 6.45) is 0. The van der Waals surface area contributed by atoms with Gasteiger partial charge in [-0.15, -0.1) is 0 Å². The second-order valence-corrected chi connectivity index (χ2v) is 8.86. The molecule has 11 heteroatoms. The van der Waals surface area contributed by atoms with Gasteiger partial charge in [0.05, 0.1) is 9.95 Å². The van der Waals surface area contributed by atoms with Crippen molar-refractivity contribution in [2.45, 2.75) is 11.4 Å². The molecule has 0 aliphatic heterocycles. The molecule has 3 aromatic rings. The van der Waals surface area contributed by atoms with E-state index in [1.165, 1.54) is 24.3 Å². The maximum atomic E-state index is 12.6. The van der Waals surface area contributed by atoms with Crippen LogP contribution in [0.5, 0.6) is 0 Å². The fourth-order valence-electron chi connectivity index (χ4n) is 2.60. The number of nitro groups is 1. The van der Waals surface area contributed by atoms with E-state index < -0.39 is 25.5 Å². The van der Waals surface area contributed by atoms with Gasteiger partial charge in [-0.1, -0.05) is 35.3 Å². The number of nitrogens with zero attached hydrogens (tertiary/aromatic N) is 1. The summed E-state index contributed by atoms with van der Waals surface area (Å²) >= 11 is 11.7. The van der Waals surface area contributed by atoms with Gasteiger partial charge in [0.15, 0.2) is 0 Å². The number of hydrogen-bond donors (Lipinski definition) is 2. The van der Waals surface area contributed by atoms with Gasteiger partial charge in [0, 0.05) is 35.0 Å². The van der Waals surface area contributed by atoms with Gasteiger partial charge in [-0.25, -0.2) is 8.42 Å². The number of sulfonamides is 1. The van der Waals surface area contributed by atoms with E-state index in [0.717, 1.165) is 23.8 Å². The van der Waals surface area contributed by atoms with Gasteiger partial charge in [-0.3, -0.25) is 19.6 Å². The maximum Gasteiger partial charge on any atom is 0.270 e. The monoisotopic (exact) mass is 479 g/mol. The van der Waals surface area contributed by atoms with Crippen molar-refractivity contribution >= 4 is 50.5 Å². The summed E-state index contributed by atoms with van der Waals surface area (Å²) in [6.45, 7) is 0.301. The number of carbonyl (C=O) groups excluding carboxylic acids is 1. The molecular formula is C20H15Cl2N3O5S. The van der Waals surface area contributed by atoms with Gasteiger partial charge in [0.2, 0.25) is 0 Å². The third-order valence-corrected chi connectivity index (χ3v) is 6.30. The van der Waals surface area contributed by atoms with Gasteiger partial charge < -0.3 is 5.32 Å². The lowest BCUT2D eigenvalue weighted by Gasteiger charge is -2.10. The Kier molecular flexibility index (Phi) is 6.79. The summed E-state index contributed by atoms with van der Waals surface area (Å²) in [5.41, 5.74) is 0.954. The quantitative estimate of drug-likeness (QED) is 0.378. The van der Waals surface area contributed by atoms with Gasteiger partial charge in [-0.2, -0.15) is 0 Å². The molecule has 0 aromatic heterocycles. The first-order valence-electron chi connectivity index (χ1n) is 8.75. The molecule has 0 aliphatic rings. The average molecular weight is 480 g/mol. The highest BCUT2D eigenvalue weighted by molar-refractivity contribution is 7.92. The van der Waals surface area contributed by atoms with Crippen molar-refractivity contribution in [2.24, 2.45) is 0 Å². The maximum absolute atomic E-state index is 12.6. The number of anilines is 1. The van der Waals surface area contributed by atoms with Crippen LogP contribution in [0.25, 0.3) is 0 Å². The highest BCUT2D eigenvalue weighted by Crippen LogP contribution is 2.28. The lowest BCUT2D eigenvalue weighted by atomic mass is 10.2. The van der Waals surface area contributed by atoms with Gasteiger partial charge in [0.1, 0.15) is 4.90 Å². The van der Waals surface area contributed by atoms with Crippen LogP contribution in [0.2, 0.25) is 10.0 Å². The number of benzene rings is 3. The van der Waals surface area contributed by atoms with Crippen LogP contribution in [0.1, 0.15) is 15.9 Å². The highest BCUT2D eigenvalue weighted by Gasteiger charge is 2.22.